The van der Waals surface area contributed by atoms with Crippen LogP contribution in [0, 0.1) is 0 Å². The molecule has 0 saturated carbocycles. The molecule has 4 heteroatoms. The summed E-state index contributed by atoms with van der Waals surface area (Å²) in [6, 6.07) is 34.2. The van der Waals surface area contributed by atoms with Crippen LogP contribution in [0.25, 0.3) is 44.6 Å². The Morgan fingerprint density at radius 2 is 0.895 bits per heavy atom. The molecule has 0 fully saturated rings. The Kier molecular flexibility index (Phi) is 5.53. The third-order valence-electron chi connectivity index (χ3n) is 7.03. The topological polar surface area (TPSA) is 35.6 Å². The highest BCUT2D eigenvalue weighted by molar-refractivity contribution is 5.89. The molecule has 4 aromatic carbocycles. The highest BCUT2D eigenvalue weighted by Crippen LogP contribution is 2.40. The van der Waals surface area contributed by atoms with Crippen LogP contribution in [0.2, 0.25) is 0 Å². The fraction of sp³-hybridized carbons (Fsp3) is 0.235. The lowest BCUT2D eigenvalue weighted by Gasteiger charge is -2.26. The first-order valence-electron chi connectivity index (χ1n) is 13.3. The summed E-state index contributed by atoms with van der Waals surface area (Å²) in [5.74, 6) is 2.08. The maximum atomic E-state index is 5.14. The highest BCUT2D eigenvalue weighted by Gasteiger charge is 2.29. The van der Waals surface area contributed by atoms with Gasteiger partial charge in [0.25, 0.3) is 0 Å². The van der Waals surface area contributed by atoms with Crippen molar-refractivity contribution in [2.24, 2.45) is 0 Å². The molecule has 0 radical (unpaired) electrons. The SMILES string of the molecule is CC(C)(C)c1nc2ccccc2n1-c1cccc(-n2c(C(C)(C)C)nc3ccccc32)c1-c1ccccc1. The fourth-order valence-electron chi connectivity index (χ4n) is 5.35. The number of aromatic nitrogens is 4. The highest BCUT2D eigenvalue weighted by atomic mass is 15.1. The quantitative estimate of drug-likeness (QED) is 0.245. The van der Waals surface area contributed by atoms with Gasteiger partial charge in [0, 0.05) is 16.4 Å². The molecule has 0 spiro atoms. The number of imidazole rings is 2. The number of fused-ring (bicyclic) bond motifs is 2. The van der Waals surface area contributed by atoms with E-state index in [2.05, 4.69) is 148 Å². The van der Waals surface area contributed by atoms with Crippen LogP contribution in [0.4, 0.5) is 0 Å². The maximum Gasteiger partial charge on any atom is 0.119 e. The van der Waals surface area contributed by atoms with Crippen molar-refractivity contribution in [3.63, 3.8) is 0 Å². The van der Waals surface area contributed by atoms with Gasteiger partial charge in [0.05, 0.1) is 33.4 Å². The molecule has 190 valence electrons. The summed E-state index contributed by atoms with van der Waals surface area (Å²) in [4.78, 5) is 10.3. The molecule has 38 heavy (non-hydrogen) atoms. The Labute approximate surface area is 224 Å². The Balaban J connectivity index is 1.79. The van der Waals surface area contributed by atoms with Crippen LogP contribution < -0.4 is 0 Å². The van der Waals surface area contributed by atoms with Gasteiger partial charge in [-0.2, -0.15) is 0 Å². The van der Waals surface area contributed by atoms with E-state index >= 15 is 0 Å². The zero-order valence-corrected chi connectivity index (χ0v) is 23.0. The molecule has 0 bridgehead atoms. The summed E-state index contributed by atoms with van der Waals surface area (Å²) in [5, 5.41) is 0. The Morgan fingerprint density at radius 1 is 0.474 bits per heavy atom. The van der Waals surface area contributed by atoms with Crippen LogP contribution in [0.15, 0.2) is 97.1 Å². The molecule has 0 atom stereocenters. The molecule has 2 heterocycles. The fourth-order valence-corrected chi connectivity index (χ4v) is 5.35. The van der Waals surface area contributed by atoms with Crippen LogP contribution in [-0.4, -0.2) is 19.1 Å². The molecule has 6 rings (SSSR count). The molecule has 2 aromatic heterocycles. The first-order valence-corrected chi connectivity index (χ1v) is 13.3. The van der Waals surface area contributed by atoms with Gasteiger partial charge in [-0.05, 0) is 42.0 Å². The maximum absolute atomic E-state index is 5.14. The van der Waals surface area contributed by atoms with Gasteiger partial charge in [-0.15, -0.1) is 0 Å². The van der Waals surface area contributed by atoms with E-state index < -0.39 is 0 Å². The van der Waals surface area contributed by atoms with Gasteiger partial charge in [0.2, 0.25) is 0 Å². The van der Waals surface area contributed by atoms with Crippen LogP contribution >= 0.6 is 0 Å². The van der Waals surface area contributed by atoms with Crippen molar-refractivity contribution in [2.45, 2.75) is 52.4 Å². The lowest BCUT2D eigenvalue weighted by molar-refractivity contribution is 0.538. The molecular formula is C34H34N4. The van der Waals surface area contributed by atoms with Crippen molar-refractivity contribution in [2.75, 3.05) is 0 Å². The summed E-state index contributed by atoms with van der Waals surface area (Å²) in [5.41, 5.74) is 8.48. The molecule has 0 amide bonds. The largest absolute Gasteiger partial charge is 0.295 e. The van der Waals surface area contributed by atoms with E-state index in [9.17, 15) is 0 Å². The second-order valence-electron chi connectivity index (χ2n) is 12.1. The van der Waals surface area contributed by atoms with Crippen LogP contribution in [0.3, 0.4) is 0 Å². The summed E-state index contributed by atoms with van der Waals surface area (Å²) < 4.78 is 4.72. The van der Waals surface area contributed by atoms with Crippen molar-refractivity contribution in [1.29, 1.82) is 0 Å². The van der Waals surface area contributed by atoms with Crippen molar-refractivity contribution >= 4 is 22.1 Å². The van der Waals surface area contributed by atoms with Crippen molar-refractivity contribution in [3.8, 4) is 22.5 Å². The minimum Gasteiger partial charge on any atom is -0.295 e. The van der Waals surface area contributed by atoms with Crippen LogP contribution in [0.5, 0.6) is 0 Å². The van der Waals surface area contributed by atoms with E-state index in [0.717, 1.165) is 56.2 Å². The Morgan fingerprint density at radius 3 is 1.34 bits per heavy atom. The number of hydrogen-bond donors (Lipinski definition) is 0. The normalized spacial score (nSPS) is 12.5. The van der Waals surface area contributed by atoms with Gasteiger partial charge in [0.15, 0.2) is 0 Å². The smallest absolute Gasteiger partial charge is 0.119 e. The van der Waals surface area contributed by atoms with E-state index in [1.54, 1.807) is 0 Å². The van der Waals surface area contributed by atoms with E-state index in [1.807, 2.05) is 0 Å². The summed E-state index contributed by atoms with van der Waals surface area (Å²) in [7, 11) is 0. The lowest BCUT2D eigenvalue weighted by Crippen LogP contribution is -2.20. The molecule has 0 saturated heterocycles. The first-order chi connectivity index (χ1) is 18.1. The monoisotopic (exact) mass is 498 g/mol. The van der Waals surface area contributed by atoms with Gasteiger partial charge in [-0.1, -0.05) is 102 Å². The number of para-hydroxylation sites is 4. The van der Waals surface area contributed by atoms with E-state index in [0.29, 0.717) is 0 Å². The molecule has 0 aliphatic heterocycles. The number of rotatable bonds is 3. The Bertz CT molecular complexity index is 1660. The van der Waals surface area contributed by atoms with Crippen LogP contribution in [-0.2, 0) is 10.8 Å². The van der Waals surface area contributed by atoms with E-state index in [4.69, 9.17) is 9.97 Å². The Hall–Kier alpha value is -4.18. The lowest BCUT2D eigenvalue weighted by atomic mass is 9.93. The predicted octanol–water partition coefficient (Wildman–Crippen LogP) is 8.63. The number of nitrogens with zero attached hydrogens (tertiary/aromatic N) is 4. The van der Waals surface area contributed by atoms with Gasteiger partial charge < -0.3 is 0 Å². The average molecular weight is 499 g/mol. The van der Waals surface area contributed by atoms with E-state index in [-0.39, 0.29) is 10.8 Å². The van der Waals surface area contributed by atoms with Crippen molar-refractivity contribution in [1.82, 2.24) is 19.1 Å². The molecule has 0 aliphatic carbocycles. The predicted molar refractivity (Wildman–Crippen MR) is 159 cm³/mol. The molecule has 6 aromatic rings. The minimum atomic E-state index is -0.152. The second kappa shape index (κ2) is 8.70. The summed E-state index contributed by atoms with van der Waals surface area (Å²) in [6.45, 7) is 13.4. The molecular weight excluding hydrogens is 464 g/mol. The summed E-state index contributed by atoms with van der Waals surface area (Å²) >= 11 is 0. The molecule has 0 aliphatic rings. The van der Waals surface area contributed by atoms with Crippen molar-refractivity contribution in [3.05, 3.63) is 109 Å². The zero-order chi connectivity index (χ0) is 26.7. The standard InChI is InChI=1S/C34H34N4/c1-33(2,3)31-35-24-17-10-12-19-26(24)37(31)28-21-14-22-29(30(28)23-15-8-7-9-16-23)38-27-20-13-11-18-25(27)36-32(38)34(4,5)6/h7-22H,1-6H3. The number of hydrogen-bond acceptors (Lipinski definition) is 2. The molecule has 0 unspecified atom stereocenters. The average Bonchev–Trinajstić information content (AvgIpc) is 3.48. The van der Waals surface area contributed by atoms with Crippen LogP contribution in [0.1, 0.15) is 53.2 Å². The van der Waals surface area contributed by atoms with Crippen molar-refractivity contribution < 1.29 is 0 Å². The first kappa shape index (κ1) is 24.2. The summed E-state index contributed by atoms with van der Waals surface area (Å²) in [6.07, 6.45) is 0. The number of benzene rings is 4. The molecule has 4 nitrogen and oxygen atoms in total. The van der Waals surface area contributed by atoms with E-state index in [1.165, 1.54) is 0 Å². The minimum absolute atomic E-state index is 0.152. The third-order valence-corrected chi connectivity index (χ3v) is 7.03. The molecule has 0 N–H and O–H groups in total. The second-order valence-corrected chi connectivity index (χ2v) is 12.1. The zero-order valence-electron chi connectivity index (χ0n) is 23.0. The van der Waals surface area contributed by atoms with Gasteiger partial charge >= 0.3 is 0 Å². The van der Waals surface area contributed by atoms with Gasteiger partial charge in [-0.25, -0.2) is 9.97 Å². The third kappa shape index (κ3) is 3.92. The van der Waals surface area contributed by atoms with Gasteiger partial charge in [-0.3, -0.25) is 9.13 Å². The van der Waals surface area contributed by atoms with Gasteiger partial charge in [0.1, 0.15) is 11.6 Å².